The summed E-state index contributed by atoms with van der Waals surface area (Å²) >= 11 is 3.44. The molecule has 0 atom stereocenters. The Hall–Kier alpha value is -1.68. The molecule has 0 saturated heterocycles. The van der Waals surface area contributed by atoms with Gasteiger partial charge in [-0.25, -0.2) is 0 Å². The Labute approximate surface area is 115 Å². The largest absolute Gasteiger partial charge is 0.492 e. The smallest absolute Gasteiger partial charge is 0.144 e. The number of halogens is 1. The number of nitrogens with one attached hydrogen (secondary N) is 1. The van der Waals surface area contributed by atoms with Crippen molar-refractivity contribution in [2.45, 2.75) is 6.92 Å². The molecule has 0 unspecified atom stereocenters. The van der Waals surface area contributed by atoms with Crippen molar-refractivity contribution in [3.63, 3.8) is 0 Å². The zero-order valence-electron chi connectivity index (χ0n) is 10.1. The SMILES string of the molecule is CCOc1cc(Nc2cccc(Br)c2)ccc1N. The Morgan fingerprint density at radius 2 is 1.94 bits per heavy atom. The Morgan fingerprint density at radius 3 is 2.67 bits per heavy atom. The molecule has 0 saturated carbocycles. The Morgan fingerprint density at radius 1 is 1.17 bits per heavy atom. The van der Waals surface area contributed by atoms with E-state index < -0.39 is 0 Å². The second-order valence-electron chi connectivity index (χ2n) is 3.82. The van der Waals surface area contributed by atoms with Crippen molar-refractivity contribution in [2.75, 3.05) is 17.7 Å². The van der Waals surface area contributed by atoms with E-state index in [1.54, 1.807) is 0 Å². The lowest BCUT2D eigenvalue weighted by Crippen LogP contribution is -1.98. The van der Waals surface area contributed by atoms with Crippen LogP contribution in [-0.2, 0) is 0 Å². The van der Waals surface area contributed by atoms with Gasteiger partial charge >= 0.3 is 0 Å². The van der Waals surface area contributed by atoms with Crippen LogP contribution in [0.25, 0.3) is 0 Å². The van der Waals surface area contributed by atoms with Crippen LogP contribution in [-0.4, -0.2) is 6.61 Å². The van der Waals surface area contributed by atoms with E-state index in [-0.39, 0.29) is 0 Å². The first-order valence-corrected chi connectivity index (χ1v) is 6.53. The van der Waals surface area contributed by atoms with Crippen molar-refractivity contribution < 1.29 is 4.74 Å². The van der Waals surface area contributed by atoms with E-state index in [1.165, 1.54) is 0 Å². The fraction of sp³-hybridized carbons (Fsp3) is 0.143. The number of benzene rings is 2. The van der Waals surface area contributed by atoms with Crippen molar-refractivity contribution in [3.05, 3.63) is 46.9 Å². The fourth-order valence-electron chi connectivity index (χ4n) is 1.63. The molecular weight excluding hydrogens is 292 g/mol. The van der Waals surface area contributed by atoms with E-state index in [1.807, 2.05) is 49.4 Å². The number of hydrogen-bond acceptors (Lipinski definition) is 3. The summed E-state index contributed by atoms with van der Waals surface area (Å²) in [6.07, 6.45) is 0. The zero-order chi connectivity index (χ0) is 13.0. The summed E-state index contributed by atoms with van der Waals surface area (Å²) in [4.78, 5) is 0. The van der Waals surface area contributed by atoms with Gasteiger partial charge < -0.3 is 15.8 Å². The first-order chi connectivity index (χ1) is 8.69. The molecule has 3 nitrogen and oxygen atoms in total. The summed E-state index contributed by atoms with van der Waals surface area (Å²) < 4.78 is 6.50. The summed E-state index contributed by atoms with van der Waals surface area (Å²) in [5, 5.41) is 3.31. The molecule has 0 aliphatic heterocycles. The van der Waals surface area contributed by atoms with Crippen molar-refractivity contribution in [3.8, 4) is 5.75 Å². The maximum atomic E-state index is 5.83. The van der Waals surface area contributed by atoms with E-state index in [4.69, 9.17) is 10.5 Å². The molecule has 0 radical (unpaired) electrons. The van der Waals surface area contributed by atoms with Crippen LogP contribution >= 0.6 is 15.9 Å². The second kappa shape index (κ2) is 5.78. The Bertz CT molecular complexity index is 543. The molecule has 0 fully saturated rings. The summed E-state index contributed by atoms with van der Waals surface area (Å²) in [5.74, 6) is 0.706. The highest BCUT2D eigenvalue weighted by molar-refractivity contribution is 9.10. The average molecular weight is 307 g/mol. The number of rotatable bonds is 4. The standard InChI is InChI=1S/C14H15BrN2O/c1-2-18-14-9-12(6-7-13(14)16)17-11-5-3-4-10(15)8-11/h3-9,17H,2,16H2,1H3. The topological polar surface area (TPSA) is 47.3 Å². The van der Waals surface area contributed by atoms with Crippen molar-refractivity contribution >= 4 is 33.0 Å². The van der Waals surface area contributed by atoms with Crippen LogP contribution in [0.5, 0.6) is 5.75 Å². The van der Waals surface area contributed by atoms with Gasteiger partial charge in [0.2, 0.25) is 0 Å². The summed E-state index contributed by atoms with van der Waals surface area (Å²) in [7, 11) is 0. The molecule has 0 heterocycles. The molecule has 2 aromatic rings. The highest BCUT2D eigenvalue weighted by Crippen LogP contribution is 2.28. The normalized spacial score (nSPS) is 10.1. The van der Waals surface area contributed by atoms with Crippen LogP contribution in [0, 0.1) is 0 Å². The van der Waals surface area contributed by atoms with E-state index in [9.17, 15) is 0 Å². The Balaban J connectivity index is 2.21. The van der Waals surface area contributed by atoms with Gasteiger partial charge in [-0.15, -0.1) is 0 Å². The van der Waals surface area contributed by atoms with Gasteiger partial charge in [-0.05, 0) is 37.3 Å². The van der Waals surface area contributed by atoms with Crippen LogP contribution in [0.3, 0.4) is 0 Å². The number of ether oxygens (including phenoxy) is 1. The zero-order valence-corrected chi connectivity index (χ0v) is 11.7. The maximum Gasteiger partial charge on any atom is 0.144 e. The first-order valence-electron chi connectivity index (χ1n) is 5.74. The van der Waals surface area contributed by atoms with Crippen molar-refractivity contribution in [1.82, 2.24) is 0 Å². The second-order valence-corrected chi connectivity index (χ2v) is 4.74. The fourth-order valence-corrected chi connectivity index (χ4v) is 2.02. The minimum absolute atomic E-state index is 0.602. The third kappa shape index (κ3) is 3.17. The summed E-state index contributed by atoms with van der Waals surface area (Å²) in [6, 6.07) is 13.6. The van der Waals surface area contributed by atoms with Gasteiger partial charge in [0.15, 0.2) is 0 Å². The van der Waals surface area contributed by atoms with Gasteiger partial charge in [-0.2, -0.15) is 0 Å². The highest BCUT2D eigenvalue weighted by atomic mass is 79.9. The summed E-state index contributed by atoms with van der Waals surface area (Å²) in [5.41, 5.74) is 8.44. The molecular formula is C14H15BrN2O. The average Bonchev–Trinajstić information content (AvgIpc) is 2.34. The van der Waals surface area contributed by atoms with E-state index in [2.05, 4.69) is 21.2 Å². The van der Waals surface area contributed by atoms with Gasteiger partial charge in [0.05, 0.1) is 12.3 Å². The van der Waals surface area contributed by atoms with Gasteiger partial charge in [0, 0.05) is 21.9 Å². The van der Waals surface area contributed by atoms with Gasteiger partial charge in [-0.1, -0.05) is 22.0 Å². The molecule has 0 aromatic heterocycles. The molecule has 0 spiro atoms. The molecule has 0 aliphatic rings. The lowest BCUT2D eigenvalue weighted by Gasteiger charge is -2.11. The Kier molecular flexibility index (Phi) is 4.10. The molecule has 4 heteroatoms. The van der Waals surface area contributed by atoms with Crippen molar-refractivity contribution in [1.29, 1.82) is 0 Å². The number of hydrogen-bond donors (Lipinski definition) is 2. The minimum Gasteiger partial charge on any atom is -0.492 e. The first kappa shape index (κ1) is 12.8. The van der Waals surface area contributed by atoms with Crippen LogP contribution in [0.1, 0.15) is 6.92 Å². The minimum atomic E-state index is 0.602. The number of nitrogen functional groups attached to an aromatic ring is 1. The lowest BCUT2D eigenvalue weighted by molar-refractivity contribution is 0.342. The highest BCUT2D eigenvalue weighted by Gasteiger charge is 2.02. The van der Waals surface area contributed by atoms with Crippen LogP contribution in [0.15, 0.2) is 46.9 Å². The van der Waals surface area contributed by atoms with Gasteiger partial charge in [0.25, 0.3) is 0 Å². The number of nitrogens with two attached hydrogens (primary N) is 1. The molecule has 0 aliphatic carbocycles. The van der Waals surface area contributed by atoms with Crippen LogP contribution in [0.2, 0.25) is 0 Å². The van der Waals surface area contributed by atoms with Gasteiger partial charge in [-0.3, -0.25) is 0 Å². The van der Waals surface area contributed by atoms with Crippen LogP contribution in [0.4, 0.5) is 17.1 Å². The van der Waals surface area contributed by atoms with E-state index in [0.29, 0.717) is 18.0 Å². The summed E-state index contributed by atoms with van der Waals surface area (Å²) in [6.45, 7) is 2.54. The quantitative estimate of drug-likeness (QED) is 0.833. The molecule has 0 bridgehead atoms. The van der Waals surface area contributed by atoms with Crippen molar-refractivity contribution in [2.24, 2.45) is 0 Å². The van der Waals surface area contributed by atoms with E-state index in [0.717, 1.165) is 15.8 Å². The molecule has 18 heavy (non-hydrogen) atoms. The molecule has 3 N–H and O–H groups in total. The van der Waals surface area contributed by atoms with Crippen LogP contribution < -0.4 is 15.8 Å². The third-order valence-electron chi connectivity index (χ3n) is 2.43. The van der Waals surface area contributed by atoms with Gasteiger partial charge in [0.1, 0.15) is 5.75 Å². The van der Waals surface area contributed by atoms with E-state index >= 15 is 0 Å². The molecule has 2 aromatic carbocycles. The third-order valence-corrected chi connectivity index (χ3v) is 2.92. The monoisotopic (exact) mass is 306 g/mol. The molecule has 2 rings (SSSR count). The molecule has 94 valence electrons. The predicted molar refractivity (Wildman–Crippen MR) is 79.4 cm³/mol. The number of anilines is 3. The lowest BCUT2D eigenvalue weighted by atomic mass is 10.2. The predicted octanol–water partition coefficient (Wildman–Crippen LogP) is 4.17. The molecule has 0 amide bonds. The maximum absolute atomic E-state index is 5.83.